The quantitative estimate of drug-likeness (QED) is 0.495. The van der Waals surface area contributed by atoms with E-state index in [1.165, 1.54) is 32.1 Å². The first-order valence-corrected chi connectivity index (χ1v) is 8.81. The summed E-state index contributed by atoms with van der Waals surface area (Å²) in [7, 11) is 4.23. The van der Waals surface area contributed by atoms with Gasteiger partial charge in [-0.05, 0) is 30.3 Å². The van der Waals surface area contributed by atoms with Crippen molar-refractivity contribution in [3.8, 4) is 23.3 Å². The first-order valence-electron chi connectivity index (χ1n) is 8.81. The lowest BCUT2D eigenvalue weighted by molar-refractivity contribution is 0.0593. The van der Waals surface area contributed by atoms with Gasteiger partial charge < -0.3 is 24.5 Å². The zero-order valence-corrected chi connectivity index (χ0v) is 16.6. The Kier molecular flexibility index (Phi) is 5.74. The van der Waals surface area contributed by atoms with E-state index in [1.54, 1.807) is 42.5 Å². The fraction of sp³-hybridized carbons (Fsp3) is 0.136. The number of rotatable bonds is 6. The highest BCUT2D eigenvalue weighted by atomic mass is 16.5. The molecule has 3 aromatic rings. The lowest BCUT2D eigenvalue weighted by atomic mass is 10.0. The highest BCUT2D eigenvalue weighted by Crippen LogP contribution is 2.29. The fourth-order valence-corrected chi connectivity index (χ4v) is 3.06. The molecule has 0 saturated carbocycles. The number of hydrogen-bond acceptors (Lipinski definition) is 7. The molecule has 0 bridgehead atoms. The van der Waals surface area contributed by atoms with Crippen molar-refractivity contribution >= 4 is 17.4 Å². The maximum absolute atomic E-state index is 13.0. The van der Waals surface area contributed by atoms with E-state index in [0.717, 1.165) is 0 Å². The van der Waals surface area contributed by atoms with Crippen LogP contribution in [0.4, 0.5) is 5.69 Å². The monoisotopic (exact) mass is 405 g/mol. The van der Waals surface area contributed by atoms with E-state index in [0.29, 0.717) is 28.3 Å². The third-order valence-electron chi connectivity index (χ3n) is 4.58. The average molecular weight is 405 g/mol. The number of methoxy groups -OCH3 is 3. The summed E-state index contributed by atoms with van der Waals surface area (Å²) in [5.41, 5.74) is 7.37. The Hall–Kier alpha value is -4.25. The SMILES string of the molecule is COC(=O)c1c(N)c(C#N)cn1-c1cccc(C(=O)c2ccc(OC)c(OC)c2)c1. The molecule has 2 N–H and O–H groups in total. The molecular formula is C22H19N3O5. The molecule has 0 fully saturated rings. The van der Waals surface area contributed by atoms with E-state index < -0.39 is 5.97 Å². The standard InChI is InChI=1S/C22H19N3O5/c1-28-17-8-7-14(10-18(17)29-2)21(26)13-5-4-6-16(9-13)25-12-15(11-23)19(24)20(25)22(27)30-3/h4-10,12H,24H2,1-3H3. The molecular weight excluding hydrogens is 386 g/mol. The minimum absolute atomic E-state index is 0.0148. The molecule has 0 aliphatic carbocycles. The van der Waals surface area contributed by atoms with Crippen LogP contribution in [0.3, 0.4) is 0 Å². The van der Waals surface area contributed by atoms with Crippen LogP contribution in [0.5, 0.6) is 11.5 Å². The Bertz CT molecular complexity index is 1170. The van der Waals surface area contributed by atoms with Crippen LogP contribution in [0.2, 0.25) is 0 Å². The molecule has 8 heteroatoms. The fourth-order valence-electron chi connectivity index (χ4n) is 3.06. The summed E-state index contributed by atoms with van der Waals surface area (Å²) in [6.07, 6.45) is 1.43. The Balaban J connectivity index is 2.07. The number of carbonyl (C=O) groups excluding carboxylic acids is 2. The maximum Gasteiger partial charge on any atom is 0.357 e. The number of carbonyl (C=O) groups is 2. The first kappa shape index (κ1) is 20.5. The molecule has 0 saturated heterocycles. The van der Waals surface area contributed by atoms with Crippen LogP contribution in [-0.4, -0.2) is 37.6 Å². The van der Waals surface area contributed by atoms with Crippen LogP contribution in [-0.2, 0) is 4.74 Å². The van der Waals surface area contributed by atoms with Gasteiger partial charge in [0.25, 0.3) is 0 Å². The molecule has 0 atom stereocenters. The van der Waals surface area contributed by atoms with Gasteiger partial charge in [0.15, 0.2) is 23.0 Å². The van der Waals surface area contributed by atoms with E-state index in [9.17, 15) is 14.9 Å². The lowest BCUT2D eigenvalue weighted by Gasteiger charge is -2.11. The number of nitrogen functional groups attached to an aromatic ring is 1. The van der Waals surface area contributed by atoms with Crippen molar-refractivity contribution in [3.05, 3.63) is 71.0 Å². The van der Waals surface area contributed by atoms with Crippen LogP contribution >= 0.6 is 0 Å². The van der Waals surface area contributed by atoms with Gasteiger partial charge in [0, 0.05) is 23.0 Å². The van der Waals surface area contributed by atoms with Crippen molar-refractivity contribution < 1.29 is 23.8 Å². The third-order valence-corrected chi connectivity index (χ3v) is 4.58. The van der Waals surface area contributed by atoms with Crippen molar-refractivity contribution in [1.82, 2.24) is 4.57 Å². The number of ether oxygens (including phenoxy) is 3. The molecule has 1 aromatic heterocycles. The number of benzene rings is 2. The summed E-state index contributed by atoms with van der Waals surface area (Å²) < 4.78 is 16.7. The summed E-state index contributed by atoms with van der Waals surface area (Å²) in [6, 6.07) is 13.4. The zero-order valence-electron chi connectivity index (χ0n) is 16.6. The topological polar surface area (TPSA) is 117 Å². The number of nitriles is 1. The second kappa shape index (κ2) is 8.41. The molecule has 3 rings (SSSR count). The van der Waals surface area contributed by atoms with E-state index in [-0.39, 0.29) is 22.7 Å². The number of ketones is 1. The Morgan fingerprint density at radius 2 is 1.70 bits per heavy atom. The summed E-state index contributed by atoms with van der Waals surface area (Å²) in [4.78, 5) is 25.2. The van der Waals surface area contributed by atoms with Gasteiger partial charge in [-0.1, -0.05) is 12.1 Å². The summed E-state index contributed by atoms with van der Waals surface area (Å²) in [6.45, 7) is 0. The van der Waals surface area contributed by atoms with Gasteiger partial charge in [0.1, 0.15) is 6.07 Å². The number of anilines is 1. The van der Waals surface area contributed by atoms with Crippen molar-refractivity contribution in [2.75, 3.05) is 27.1 Å². The molecule has 0 radical (unpaired) electrons. The molecule has 0 spiro atoms. The van der Waals surface area contributed by atoms with E-state index in [2.05, 4.69) is 0 Å². The molecule has 30 heavy (non-hydrogen) atoms. The smallest absolute Gasteiger partial charge is 0.357 e. The van der Waals surface area contributed by atoms with Crippen LogP contribution in [0.1, 0.15) is 32.0 Å². The minimum atomic E-state index is -0.689. The van der Waals surface area contributed by atoms with Gasteiger partial charge >= 0.3 is 5.97 Å². The number of esters is 1. The third kappa shape index (κ3) is 3.56. The van der Waals surface area contributed by atoms with Crippen LogP contribution in [0, 0.1) is 11.3 Å². The Morgan fingerprint density at radius 3 is 2.33 bits per heavy atom. The van der Waals surface area contributed by atoms with Gasteiger partial charge in [-0.25, -0.2) is 4.79 Å². The number of nitrogens with zero attached hydrogens (tertiary/aromatic N) is 2. The summed E-state index contributed by atoms with van der Waals surface area (Å²) in [5.74, 6) is 0.00498. The van der Waals surface area contributed by atoms with E-state index in [4.69, 9.17) is 19.9 Å². The maximum atomic E-state index is 13.0. The number of aromatic nitrogens is 1. The molecule has 0 amide bonds. The molecule has 1 heterocycles. The van der Waals surface area contributed by atoms with Gasteiger partial charge in [0.2, 0.25) is 0 Å². The minimum Gasteiger partial charge on any atom is -0.493 e. The van der Waals surface area contributed by atoms with Crippen LogP contribution < -0.4 is 15.2 Å². The molecule has 0 aliphatic rings. The van der Waals surface area contributed by atoms with E-state index in [1.807, 2.05) is 6.07 Å². The van der Waals surface area contributed by atoms with Gasteiger partial charge in [-0.15, -0.1) is 0 Å². The van der Waals surface area contributed by atoms with Gasteiger partial charge in [-0.2, -0.15) is 5.26 Å². The van der Waals surface area contributed by atoms with Crippen LogP contribution in [0.15, 0.2) is 48.7 Å². The van der Waals surface area contributed by atoms with Gasteiger partial charge in [-0.3, -0.25) is 4.79 Å². The van der Waals surface area contributed by atoms with Crippen molar-refractivity contribution in [2.24, 2.45) is 0 Å². The second-order valence-electron chi connectivity index (χ2n) is 6.23. The zero-order chi connectivity index (χ0) is 21.8. The van der Waals surface area contributed by atoms with E-state index >= 15 is 0 Å². The predicted octanol–water partition coefficient (Wildman–Crippen LogP) is 2.97. The largest absolute Gasteiger partial charge is 0.493 e. The first-order chi connectivity index (χ1) is 14.4. The normalized spacial score (nSPS) is 10.2. The van der Waals surface area contributed by atoms with Crippen molar-refractivity contribution in [3.63, 3.8) is 0 Å². The van der Waals surface area contributed by atoms with Crippen LogP contribution in [0.25, 0.3) is 5.69 Å². The molecule has 152 valence electrons. The highest BCUT2D eigenvalue weighted by molar-refractivity contribution is 6.09. The predicted molar refractivity (Wildman–Crippen MR) is 109 cm³/mol. The molecule has 8 nitrogen and oxygen atoms in total. The molecule has 2 aromatic carbocycles. The van der Waals surface area contributed by atoms with Gasteiger partial charge in [0.05, 0.1) is 32.6 Å². The average Bonchev–Trinajstić information content (AvgIpc) is 3.13. The van der Waals surface area contributed by atoms with Crippen molar-refractivity contribution in [1.29, 1.82) is 5.26 Å². The Morgan fingerprint density at radius 1 is 1.00 bits per heavy atom. The summed E-state index contributed by atoms with van der Waals surface area (Å²) in [5, 5.41) is 9.27. The second-order valence-corrected chi connectivity index (χ2v) is 6.23. The number of hydrogen-bond donors (Lipinski definition) is 1. The molecule has 0 unspecified atom stereocenters. The summed E-state index contributed by atoms with van der Waals surface area (Å²) >= 11 is 0. The Labute approximate surface area is 173 Å². The number of nitrogens with two attached hydrogens (primary N) is 1. The molecule has 0 aliphatic heterocycles. The lowest BCUT2D eigenvalue weighted by Crippen LogP contribution is -2.11. The highest BCUT2D eigenvalue weighted by Gasteiger charge is 2.22. The van der Waals surface area contributed by atoms with Crippen molar-refractivity contribution in [2.45, 2.75) is 0 Å².